The zero-order valence-electron chi connectivity index (χ0n) is 14.5. The highest BCUT2D eigenvalue weighted by Gasteiger charge is 2.18. The summed E-state index contributed by atoms with van der Waals surface area (Å²) in [5, 5.41) is 17.1. The molecular formula is C17H15FN6O3S. The average Bonchev–Trinajstić information content (AvgIpc) is 3.28. The molecule has 1 atom stereocenters. The number of carbonyl (C=O) groups is 1. The van der Waals surface area contributed by atoms with Gasteiger partial charge in [0.05, 0.1) is 24.0 Å². The number of carboxylic acid groups (broad SMARTS) is 1. The van der Waals surface area contributed by atoms with Gasteiger partial charge in [0.1, 0.15) is 11.3 Å². The summed E-state index contributed by atoms with van der Waals surface area (Å²) in [6.07, 6.45) is 3.82. The molecule has 0 spiro atoms. The Morgan fingerprint density at radius 1 is 1.29 bits per heavy atom. The molecule has 0 saturated heterocycles. The van der Waals surface area contributed by atoms with Crippen molar-refractivity contribution in [2.24, 2.45) is 0 Å². The molecule has 144 valence electrons. The number of rotatable bonds is 4. The molecule has 4 aromatic rings. The van der Waals surface area contributed by atoms with Crippen LogP contribution in [0.5, 0.6) is 0 Å². The van der Waals surface area contributed by atoms with E-state index < -0.39 is 17.6 Å². The lowest BCUT2D eigenvalue weighted by atomic mass is 10.1. The molecule has 9 nitrogen and oxygen atoms in total. The van der Waals surface area contributed by atoms with Crippen molar-refractivity contribution in [1.29, 1.82) is 0 Å². The third kappa shape index (κ3) is 3.27. The Morgan fingerprint density at radius 2 is 2.07 bits per heavy atom. The van der Waals surface area contributed by atoms with Crippen LogP contribution >= 0.6 is 13.5 Å². The number of H-pyrrole nitrogens is 1. The number of aromatic amines is 1. The lowest BCUT2D eigenvalue weighted by Gasteiger charge is -2.13. The van der Waals surface area contributed by atoms with Crippen LogP contribution in [0.25, 0.3) is 17.0 Å². The number of aromatic nitrogens is 6. The topological polar surface area (TPSA) is 119 Å². The number of hydrogen-bond acceptors (Lipinski definition) is 5. The molecule has 0 unspecified atom stereocenters. The molecule has 3 heterocycles. The van der Waals surface area contributed by atoms with E-state index in [1.54, 1.807) is 19.1 Å². The van der Waals surface area contributed by atoms with Crippen LogP contribution in [-0.4, -0.2) is 40.6 Å². The van der Waals surface area contributed by atoms with Crippen molar-refractivity contribution in [1.82, 2.24) is 29.5 Å². The molecule has 2 N–H and O–H groups in total. The van der Waals surface area contributed by atoms with Gasteiger partial charge < -0.3 is 5.11 Å². The highest BCUT2D eigenvalue weighted by Crippen LogP contribution is 2.21. The van der Waals surface area contributed by atoms with Gasteiger partial charge in [0.25, 0.3) is 5.56 Å². The summed E-state index contributed by atoms with van der Waals surface area (Å²) in [5.74, 6) is -1.45. The van der Waals surface area contributed by atoms with E-state index in [1.807, 2.05) is 0 Å². The van der Waals surface area contributed by atoms with E-state index in [1.165, 1.54) is 29.2 Å². The number of nitrogens with one attached hydrogen (secondary N) is 1. The summed E-state index contributed by atoms with van der Waals surface area (Å²) in [7, 11) is 0. The molecular weight excluding hydrogens is 387 g/mol. The maximum Gasteiger partial charge on any atom is 0.338 e. The molecule has 0 radical (unpaired) electrons. The Hall–Kier alpha value is -3.47. The van der Waals surface area contributed by atoms with E-state index in [2.05, 4.69) is 20.2 Å². The fourth-order valence-corrected chi connectivity index (χ4v) is 2.82. The fourth-order valence-electron chi connectivity index (χ4n) is 2.82. The Bertz CT molecular complexity index is 1230. The van der Waals surface area contributed by atoms with Crippen LogP contribution in [-0.2, 0) is 0 Å². The fraction of sp³-hybridized carbons (Fsp3) is 0.118. The van der Waals surface area contributed by atoms with Gasteiger partial charge in [-0.1, -0.05) is 12.1 Å². The Kier molecular flexibility index (Phi) is 5.01. The minimum absolute atomic E-state index is 0. The van der Waals surface area contributed by atoms with Crippen LogP contribution in [0.1, 0.15) is 28.9 Å². The number of carboxylic acids is 1. The van der Waals surface area contributed by atoms with E-state index in [0.29, 0.717) is 11.1 Å². The predicted molar refractivity (Wildman–Crippen MR) is 103 cm³/mol. The number of benzene rings is 1. The van der Waals surface area contributed by atoms with Crippen molar-refractivity contribution in [3.05, 3.63) is 70.2 Å². The zero-order valence-corrected chi connectivity index (χ0v) is 15.5. The SMILES string of the molecule is C[C@@H](c1cccc(F)c1)n1ncc2nc(-n3cc(C(=O)O)cn3)[nH]c(=O)c21.S. The van der Waals surface area contributed by atoms with Crippen molar-refractivity contribution < 1.29 is 14.3 Å². The van der Waals surface area contributed by atoms with E-state index >= 15 is 0 Å². The minimum atomic E-state index is -1.14. The first-order chi connectivity index (χ1) is 12.9. The number of halogens is 1. The minimum Gasteiger partial charge on any atom is -0.478 e. The first-order valence-electron chi connectivity index (χ1n) is 7.95. The van der Waals surface area contributed by atoms with Crippen LogP contribution in [0, 0.1) is 5.82 Å². The van der Waals surface area contributed by atoms with Crippen molar-refractivity contribution in [2.45, 2.75) is 13.0 Å². The Balaban J connectivity index is 0.00000225. The van der Waals surface area contributed by atoms with Crippen molar-refractivity contribution in [3.8, 4) is 5.95 Å². The largest absolute Gasteiger partial charge is 0.478 e. The molecule has 11 heteroatoms. The second kappa shape index (κ2) is 7.27. The molecule has 4 rings (SSSR count). The van der Waals surface area contributed by atoms with Crippen LogP contribution in [0.2, 0.25) is 0 Å². The molecule has 0 amide bonds. The maximum absolute atomic E-state index is 13.5. The summed E-state index contributed by atoms with van der Waals surface area (Å²) in [6, 6.07) is 5.66. The molecule has 0 aliphatic rings. The lowest BCUT2D eigenvalue weighted by molar-refractivity contribution is 0.0697. The normalized spacial score (nSPS) is 11.9. The van der Waals surface area contributed by atoms with Gasteiger partial charge in [0.15, 0.2) is 5.52 Å². The second-order valence-corrected chi connectivity index (χ2v) is 5.92. The van der Waals surface area contributed by atoms with Gasteiger partial charge in [-0.25, -0.2) is 18.9 Å². The Labute approximate surface area is 163 Å². The summed E-state index contributed by atoms with van der Waals surface area (Å²) < 4.78 is 16.1. The number of hydrogen-bond donors (Lipinski definition) is 2. The van der Waals surface area contributed by atoms with Gasteiger partial charge in [-0.15, -0.1) is 0 Å². The molecule has 28 heavy (non-hydrogen) atoms. The van der Waals surface area contributed by atoms with E-state index in [4.69, 9.17) is 5.11 Å². The highest BCUT2D eigenvalue weighted by molar-refractivity contribution is 7.59. The molecule has 0 saturated carbocycles. The maximum atomic E-state index is 13.5. The van der Waals surface area contributed by atoms with Crippen LogP contribution < -0.4 is 5.56 Å². The van der Waals surface area contributed by atoms with Gasteiger partial charge in [-0.2, -0.15) is 23.7 Å². The number of aromatic carboxylic acids is 1. The lowest BCUT2D eigenvalue weighted by Crippen LogP contribution is -2.19. The number of nitrogens with zero attached hydrogens (tertiary/aromatic N) is 5. The predicted octanol–water partition coefficient (Wildman–Crippen LogP) is 1.86. The summed E-state index contributed by atoms with van der Waals surface area (Å²) >= 11 is 0. The van der Waals surface area contributed by atoms with Crippen molar-refractivity contribution >= 4 is 30.5 Å². The van der Waals surface area contributed by atoms with Gasteiger partial charge >= 0.3 is 5.97 Å². The van der Waals surface area contributed by atoms with Crippen LogP contribution in [0.15, 0.2) is 47.7 Å². The second-order valence-electron chi connectivity index (χ2n) is 5.92. The van der Waals surface area contributed by atoms with Crippen LogP contribution in [0.4, 0.5) is 4.39 Å². The monoisotopic (exact) mass is 402 g/mol. The molecule has 0 aliphatic carbocycles. The van der Waals surface area contributed by atoms with Gasteiger partial charge in [-0.05, 0) is 24.6 Å². The summed E-state index contributed by atoms with van der Waals surface area (Å²) in [4.78, 5) is 30.4. The van der Waals surface area contributed by atoms with Gasteiger partial charge in [0.2, 0.25) is 5.95 Å². The standard InChI is InChI=1S/C17H13FN6O3.H2S/c1-9(10-3-2-4-12(18)5-10)24-14-13(7-20-24)21-17(22-15(14)25)23-8-11(6-19-23)16(26)27;/h2-9H,1H3,(H,26,27)(H,21,22,25);1H2/t9-;/m0./s1. The van der Waals surface area contributed by atoms with E-state index in [9.17, 15) is 14.0 Å². The first-order valence-corrected chi connectivity index (χ1v) is 7.95. The number of fused-ring (bicyclic) bond motifs is 1. The first kappa shape index (κ1) is 19.3. The third-order valence-electron chi connectivity index (χ3n) is 4.19. The Morgan fingerprint density at radius 3 is 2.75 bits per heavy atom. The highest BCUT2D eigenvalue weighted by atomic mass is 32.1. The van der Waals surface area contributed by atoms with Crippen molar-refractivity contribution in [3.63, 3.8) is 0 Å². The molecule has 0 bridgehead atoms. The summed E-state index contributed by atoms with van der Waals surface area (Å²) in [6.45, 7) is 1.79. The molecule has 0 aliphatic heterocycles. The molecule has 3 aromatic heterocycles. The summed E-state index contributed by atoms with van der Waals surface area (Å²) in [5.41, 5.74) is 0.684. The zero-order chi connectivity index (χ0) is 19.1. The van der Waals surface area contributed by atoms with E-state index in [0.717, 1.165) is 10.9 Å². The molecule has 0 fully saturated rings. The van der Waals surface area contributed by atoms with Crippen molar-refractivity contribution in [2.75, 3.05) is 0 Å². The molecule has 1 aromatic carbocycles. The third-order valence-corrected chi connectivity index (χ3v) is 4.19. The quantitative estimate of drug-likeness (QED) is 0.538. The average molecular weight is 402 g/mol. The smallest absolute Gasteiger partial charge is 0.338 e. The van der Waals surface area contributed by atoms with E-state index in [-0.39, 0.29) is 36.3 Å². The van der Waals surface area contributed by atoms with Gasteiger partial charge in [-0.3, -0.25) is 14.5 Å². The van der Waals surface area contributed by atoms with Crippen LogP contribution in [0.3, 0.4) is 0 Å². The van der Waals surface area contributed by atoms with Gasteiger partial charge in [0, 0.05) is 6.20 Å².